The summed E-state index contributed by atoms with van der Waals surface area (Å²) in [5.74, 6) is 0.602. The molecule has 0 spiro atoms. The topological polar surface area (TPSA) is 21.3 Å². The monoisotopic (exact) mass is 239 g/mol. The minimum Gasteiger partial charge on any atom is -0.380 e. The van der Waals surface area contributed by atoms with Gasteiger partial charge in [-0.15, -0.1) is 0 Å². The van der Waals surface area contributed by atoms with Gasteiger partial charge in [-0.25, -0.2) is 0 Å². The van der Waals surface area contributed by atoms with Gasteiger partial charge in [-0.3, -0.25) is 0 Å². The van der Waals surface area contributed by atoms with Gasteiger partial charge in [0.2, 0.25) is 0 Å². The van der Waals surface area contributed by atoms with Crippen molar-refractivity contribution in [1.29, 1.82) is 0 Å². The van der Waals surface area contributed by atoms with Gasteiger partial charge in [-0.2, -0.15) is 0 Å². The molecule has 1 aliphatic heterocycles. The number of rotatable bonds is 3. The summed E-state index contributed by atoms with van der Waals surface area (Å²) >= 11 is 5.99. The van der Waals surface area contributed by atoms with Gasteiger partial charge in [-0.05, 0) is 43.0 Å². The minimum atomic E-state index is 0.327. The number of piperidine rings is 1. The number of methoxy groups -OCH3 is 1. The first-order valence-electron chi connectivity index (χ1n) is 5.77. The van der Waals surface area contributed by atoms with Crippen molar-refractivity contribution in [2.75, 3.05) is 20.2 Å². The molecule has 1 N–H and O–H groups in total. The Morgan fingerprint density at radius 1 is 1.50 bits per heavy atom. The summed E-state index contributed by atoms with van der Waals surface area (Å²) in [4.78, 5) is 0. The Hall–Kier alpha value is -0.570. The molecule has 0 aromatic heterocycles. The van der Waals surface area contributed by atoms with Crippen molar-refractivity contribution in [2.45, 2.75) is 18.9 Å². The van der Waals surface area contributed by atoms with Crippen LogP contribution in [-0.4, -0.2) is 26.3 Å². The fourth-order valence-electron chi connectivity index (χ4n) is 2.36. The summed E-state index contributed by atoms with van der Waals surface area (Å²) in [6.45, 7) is 2.05. The molecule has 0 radical (unpaired) electrons. The van der Waals surface area contributed by atoms with E-state index in [0.717, 1.165) is 24.5 Å². The van der Waals surface area contributed by atoms with E-state index in [-0.39, 0.29) is 0 Å². The fourth-order valence-corrected chi connectivity index (χ4v) is 2.57. The second kappa shape index (κ2) is 5.67. The molecule has 1 aromatic carbocycles. The van der Waals surface area contributed by atoms with Crippen LogP contribution in [0.1, 0.15) is 12.0 Å². The Balaban J connectivity index is 2.02. The molecule has 2 unspecified atom stereocenters. The highest BCUT2D eigenvalue weighted by molar-refractivity contribution is 6.30. The van der Waals surface area contributed by atoms with Crippen LogP contribution in [0, 0.1) is 5.92 Å². The maximum absolute atomic E-state index is 5.99. The van der Waals surface area contributed by atoms with Crippen LogP contribution in [0.15, 0.2) is 24.3 Å². The molecule has 0 aliphatic carbocycles. The first-order valence-corrected chi connectivity index (χ1v) is 6.15. The zero-order valence-corrected chi connectivity index (χ0v) is 10.3. The lowest BCUT2D eigenvalue weighted by atomic mass is 9.88. The summed E-state index contributed by atoms with van der Waals surface area (Å²) in [5, 5.41) is 4.18. The van der Waals surface area contributed by atoms with E-state index in [1.165, 1.54) is 12.0 Å². The van der Waals surface area contributed by atoms with Gasteiger partial charge in [0.15, 0.2) is 0 Å². The molecular formula is C13H18ClNO. The summed E-state index contributed by atoms with van der Waals surface area (Å²) in [6, 6.07) is 8.12. The smallest absolute Gasteiger partial charge is 0.0727 e. The normalized spacial score (nSPS) is 25.6. The van der Waals surface area contributed by atoms with Crippen molar-refractivity contribution in [1.82, 2.24) is 5.32 Å². The summed E-state index contributed by atoms with van der Waals surface area (Å²) in [7, 11) is 1.79. The maximum atomic E-state index is 5.99. The molecule has 2 nitrogen and oxygen atoms in total. The van der Waals surface area contributed by atoms with Gasteiger partial charge in [0.1, 0.15) is 0 Å². The van der Waals surface area contributed by atoms with E-state index in [1.807, 2.05) is 12.1 Å². The molecule has 16 heavy (non-hydrogen) atoms. The average Bonchev–Trinajstić information content (AvgIpc) is 2.30. The Labute approximate surface area is 102 Å². The highest BCUT2D eigenvalue weighted by Gasteiger charge is 2.24. The van der Waals surface area contributed by atoms with Crippen LogP contribution in [0.5, 0.6) is 0 Å². The van der Waals surface area contributed by atoms with Crippen molar-refractivity contribution < 1.29 is 4.74 Å². The molecule has 0 saturated carbocycles. The third kappa shape index (κ3) is 2.97. The van der Waals surface area contributed by atoms with Gasteiger partial charge < -0.3 is 10.1 Å². The maximum Gasteiger partial charge on any atom is 0.0727 e. The second-order valence-electron chi connectivity index (χ2n) is 4.36. The van der Waals surface area contributed by atoms with E-state index in [0.29, 0.717) is 12.0 Å². The molecule has 1 aromatic rings. The summed E-state index contributed by atoms with van der Waals surface area (Å²) in [5.41, 5.74) is 1.31. The quantitative estimate of drug-likeness (QED) is 0.875. The zero-order valence-electron chi connectivity index (χ0n) is 9.58. The number of nitrogens with one attached hydrogen (secondary N) is 1. The minimum absolute atomic E-state index is 0.327. The van der Waals surface area contributed by atoms with Crippen LogP contribution in [-0.2, 0) is 11.2 Å². The van der Waals surface area contributed by atoms with Crippen LogP contribution >= 0.6 is 11.6 Å². The fraction of sp³-hybridized carbons (Fsp3) is 0.538. The lowest BCUT2D eigenvalue weighted by Crippen LogP contribution is -2.42. The van der Waals surface area contributed by atoms with E-state index in [2.05, 4.69) is 17.4 Å². The van der Waals surface area contributed by atoms with Gasteiger partial charge in [0.05, 0.1) is 6.10 Å². The second-order valence-corrected chi connectivity index (χ2v) is 4.80. The number of halogens is 1. The van der Waals surface area contributed by atoms with Crippen molar-refractivity contribution >= 4 is 11.6 Å². The van der Waals surface area contributed by atoms with Crippen LogP contribution in [0.4, 0.5) is 0 Å². The summed E-state index contributed by atoms with van der Waals surface area (Å²) < 4.78 is 5.51. The molecule has 1 fully saturated rings. The number of benzene rings is 1. The van der Waals surface area contributed by atoms with E-state index in [1.54, 1.807) is 7.11 Å². The zero-order chi connectivity index (χ0) is 11.4. The van der Waals surface area contributed by atoms with Gasteiger partial charge in [0.25, 0.3) is 0 Å². The van der Waals surface area contributed by atoms with E-state index in [4.69, 9.17) is 16.3 Å². The largest absolute Gasteiger partial charge is 0.380 e. The Morgan fingerprint density at radius 3 is 3.12 bits per heavy atom. The van der Waals surface area contributed by atoms with E-state index in [9.17, 15) is 0 Å². The molecule has 1 aliphatic rings. The van der Waals surface area contributed by atoms with E-state index < -0.39 is 0 Å². The molecule has 2 atom stereocenters. The standard InChI is InChI=1S/C13H18ClNO/c1-16-13-9-15-6-5-11(13)7-10-3-2-4-12(14)8-10/h2-4,8,11,13,15H,5-7,9H2,1H3. The van der Waals surface area contributed by atoms with Gasteiger partial charge in [0, 0.05) is 18.7 Å². The molecule has 3 heteroatoms. The molecule has 2 rings (SSSR count). The van der Waals surface area contributed by atoms with Gasteiger partial charge in [-0.1, -0.05) is 23.7 Å². The third-order valence-corrected chi connectivity index (χ3v) is 3.49. The number of hydrogen-bond acceptors (Lipinski definition) is 2. The third-order valence-electron chi connectivity index (χ3n) is 3.25. The predicted octanol–water partition coefficient (Wildman–Crippen LogP) is 2.51. The first-order chi connectivity index (χ1) is 7.79. The molecule has 1 saturated heterocycles. The van der Waals surface area contributed by atoms with Crippen LogP contribution in [0.3, 0.4) is 0 Å². The lowest BCUT2D eigenvalue weighted by molar-refractivity contribution is 0.0341. The number of ether oxygens (including phenoxy) is 1. The summed E-state index contributed by atoms with van der Waals surface area (Å²) in [6.07, 6.45) is 2.55. The van der Waals surface area contributed by atoms with Crippen LogP contribution in [0.2, 0.25) is 5.02 Å². The van der Waals surface area contributed by atoms with Crippen molar-refractivity contribution in [3.8, 4) is 0 Å². The Bertz CT molecular complexity index is 342. The molecular weight excluding hydrogens is 222 g/mol. The molecule has 0 amide bonds. The first kappa shape index (κ1) is 11.9. The molecule has 1 heterocycles. The average molecular weight is 240 g/mol. The predicted molar refractivity (Wildman–Crippen MR) is 66.9 cm³/mol. The van der Waals surface area contributed by atoms with Gasteiger partial charge >= 0.3 is 0 Å². The highest BCUT2D eigenvalue weighted by atomic mass is 35.5. The van der Waals surface area contributed by atoms with Crippen LogP contribution < -0.4 is 5.32 Å². The van der Waals surface area contributed by atoms with Crippen molar-refractivity contribution in [2.24, 2.45) is 5.92 Å². The number of hydrogen-bond donors (Lipinski definition) is 1. The van der Waals surface area contributed by atoms with Crippen molar-refractivity contribution in [3.05, 3.63) is 34.9 Å². The highest BCUT2D eigenvalue weighted by Crippen LogP contribution is 2.22. The Kier molecular flexibility index (Phi) is 4.22. The molecule has 0 bridgehead atoms. The SMILES string of the molecule is COC1CNCCC1Cc1cccc(Cl)c1. The van der Waals surface area contributed by atoms with E-state index >= 15 is 0 Å². The van der Waals surface area contributed by atoms with Crippen LogP contribution in [0.25, 0.3) is 0 Å². The Morgan fingerprint density at radius 2 is 2.38 bits per heavy atom. The molecule has 88 valence electrons. The van der Waals surface area contributed by atoms with Crippen molar-refractivity contribution in [3.63, 3.8) is 0 Å². The lowest BCUT2D eigenvalue weighted by Gasteiger charge is -2.31.